The maximum Gasteiger partial charge on any atom is 0.354 e. The van der Waals surface area contributed by atoms with Crippen molar-refractivity contribution in [3.63, 3.8) is 0 Å². The number of carboxylic acid groups (broad SMARTS) is 1. The molecule has 0 bridgehead atoms. The summed E-state index contributed by atoms with van der Waals surface area (Å²) in [5.74, 6) is -1.10. The molecule has 0 fully saturated rings. The summed E-state index contributed by atoms with van der Waals surface area (Å²) in [6, 6.07) is 5.20. The van der Waals surface area contributed by atoms with Gasteiger partial charge in [-0.25, -0.2) is 13.2 Å². The first-order valence-corrected chi connectivity index (χ1v) is 9.01. The van der Waals surface area contributed by atoms with Gasteiger partial charge in [-0.15, -0.1) is 0 Å². The zero-order valence-corrected chi connectivity index (χ0v) is 14.6. The van der Waals surface area contributed by atoms with Crippen LogP contribution >= 0.6 is 0 Å². The number of rotatable bonds is 3. The molecule has 0 amide bonds. The van der Waals surface area contributed by atoms with E-state index in [-0.39, 0.29) is 17.1 Å². The van der Waals surface area contributed by atoms with Crippen LogP contribution in [0.25, 0.3) is 0 Å². The maximum atomic E-state index is 13.0. The van der Waals surface area contributed by atoms with Gasteiger partial charge in [0, 0.05) is 32.1 Å². The van der Waals surface area contributed by atoms with Crippen LogP contribution < -0.4 is 0 Å². The van der Waals surface area contributed by atoms with E-state index in [1.165, 1.54) is 8.99 Å². The Balaban J connectivity index is 2.02. The van der Waals surface area contributed by atoms with E-state index >= 15 is 0 Å². The molecule has 1 N–H and O–H groups in total. The highest BCUT2D eigenvalue weighted by molar-refractivity contribution is 7.89. The van der Waals surface area contributed by atoms with Gasteiger partial charge in [-0.3, -0.25) is 4.68 Å². The van der Waals surface area contributed by atoms with Crippen molar-refractivity contribution in [1.82, 2.24) is 14.1 Å². The van der Waals surface area contributed by atoms with Gasteiger partial charge in [-0.1, -0.05) is 17.7 Å². The van der Waals surface area contributed by atoms with Gasteiger partial charge in [0.15, 0.2) is 5.69 Å². The fraction of sp³-hybridized carbons (Fsp3) is 0.375. The lowest BCUT2D eigenvalue weighted by atomic mass is 10.1. The largest absolute Gasteiger partial charge is 0.477 e. The lowest BCUT2D eigenvalue weighted by Crippen LogP contribution is -2.36. The molecule has 24 heavy (non-hydrogen) atoms. The molecule has 2 aromatic rings. The van der Waals surface area contributed by atoms with Crippen molar-refractivity contribution in [2.45, 2.75) is 31.7 Å². The number of aromatic nitrogens is 2. The Bertz CT molecular complexity index is 931. The van der Waals surface area contributed by atoms with E-state index in [9.17, 15) is 18.3 Å². The van der Waals surface area contributed by atoms with Gasteiger partial charge < -0.3 is 5.11 Å². The summed E-state index contributed by atoms with van der Waals surface area (Å²) in [4.78, 5) is 11.7. The monoisotopic (exact) mass is 349 g/mol. The molecule has 1 aliphatic heterocycles. The Kier molecular flexibility index (Phi) is 3.97. The predicted molar refractivity (Wildman–Crippen MR) is 87.4 cm³/mol. The highest BCUT2D eigenvalue weighted by Crippen LogP contribution is 2.28. The standard InChI is InChI=1S/C16H19N3O4S/c1-10-4-5-14(11(2)8-10)24(22,23)19-7-6-13-12(9-19)15(16(20)21)18(3)17-13/h4-5,8H,6-7,9H2,1-3H3,(H,20,21). The number of aryl methyl sites for hydroxylation is 3. The molecule has 0 saturated carbocycles. The van der Waals surface area contributed by atoms with E-state index in [0.29, 0.717) is 29.8 Å². The van der Waals surface area contributed by atoms with Crippen molar-refractivity contribution in [2.24, 2.45) is 7.05 Å². The van der Waals surface area contributed by atoms with Crippen LogP contribution in [0, 0.1) is 13.8 Å². The van der Waals surface area contributed by atoms with Crippen LogP contribution in [0.3, 0.4) is 0 Å². The minimum Gasteiger partial charge on any atom is -0.477 e. The molecule has 1 aromatic heterocycles. The van der Waals surface area contributed by atoms with E-state index in [0.717, 1.165) is 5.56 Å². The molecule has 0 spiro atoms. The number of carbonyl (C=O) groups is 1. The number of fused-ring (bicyclic) bond motifs is 1. The first-order chi connectivity index (χ1) is 11.2. The van der Waals surface area contributed by atoms with Crippen LogP contribution in [0.1, 0.15) is 32.9 Å². The smallest absolute Gasteiger partial charge is 0.354 e. The minimum atomic E-state index is -3.68. The van der Waals surface area contributed by atoms with Gasteiger partial charge in [0.25, 0.3) is 0 Å². The number of benzene rings is 1. The van der Waals surface area contributed by atoms with Crippen molar-refractivity contribution >= 4 is 16.0 Å². The molecule has 1 aliphatic rings. The molecule has 1 aromatic carbocycles. The summed E-state index contributed by atoms with van der Waals surface area (Å²) < 4.78 is 28.6. The van der Waals surface area contributed by atoms with Gasteiger partial charge in [0.1, 0.15) is 0 Å². The van der Waals surface area contributed by atoms with E-state index in [1.54, 1.807) is 26.1 Å². The second-order valence-electron chi connectivity index (χ2n) is 6.06. The molecule has 0 atom stereocenters. The Hall–Kier alpha value is -2.19. The number of aromatic carboxylic acids is 1. The Morgan fingerprint density at radius 2 is 2.00 bits per heavy atom. The van der Waals surface area contributed by atoms with E-state index in [4.69, 9.17) is 0 Å². The summed E-state index contributed by atoms with van der Waals surface area (Å²) in [6.07, 6.45) is 0.403. The van der Waals surface area contributed by atoms with Crippen LogP contribution in [0.15, 0.2) is 23.1 Å². The fourth-order valence-electron chi connectivity index (χ4n) is 3.18. The summed E-state index contributed by atoms with van der Waals surface area (Å²) >= 11 is 0. The van der Waals surface area contributed by atoms with Gasteiger partial charge in [-0.05, 0) is 25.5 Å². The zero-order chi connectivity index (χ0) is 17.6. The van der Waals surface area contributed by atoms with Gasteiger partial charge in [0.05, 0.1) is 10.6 Å². The van der Waals surface area contributed by atoms with E-state index < -0.39 is 16.0 Å². The van der Waals surface area contributed by atoms with Crippen molar-refractivity contribution in [3.8, 4) is 0 Å². The number of carboxylic acids is 1. The lowest BCUT2D eigenvalue weighted by molar-refractivity contribution is 0.0683. The molecular formula is C16H19N3O4S. The van der Waals surface area contributed by atoms with Crippen LogP contribution in [-0.2, 0) is 30.0 Å². The second-order valence-corrected chi connectivity index (χ2v) is 7.97. The van der Waals surface area contributed by atoms with Crippen molar-refractivity contribution in [1.29, 1.82) is 0 Å². The molecule has 0 radical (unpaired) electrons. The molecule has 7 nitrogen and oxygen atoms in total. The first kappa shape index (κ1) is 16.7. The van der Waals surface area contributed by atoms with Crippen molar-refractivity contribution < 1.29 is 18.3 Å². The minimum absolute atomic E-state index is 0.0282. The van der Waals surface area contributed by atoms with Crippen LogP contribution in [0.5, 0.6) is 0 Å². The van der Waals surface area contributed by atoms with Crippen molar-refractivity contribution in [3.05, 3.63) is 46.3 Å². The molecule has 3 rings (SSSR count). The number of nitrogens with zero attached hydrogens (tertiary/aromatic N) is 3. The summed E-state index contributed by atoms with van der Waals surface area (Å²) in [5, 5.41) is 13.6. The van der Waals surface area contributed by atoms with Crippen LogP contribution in [0.4, 0.5) is 0 Å². The quantitative estimate of drug-likeness (QED) is 0.906. The third-order valence-electron chi connectivity index (χ3n) is 4.31. The fourth-order valence-corrected chi connectivity index (χ4v) is 4.79. The molecule has 0 saturated heterocycles. The molecule has 2 heterocycles. The molecule has 8 heteroatoms. The molecule has 0 unspecified atom stereocenters. The molecule has 0 aliphatic carbocycles. The Morgan fingerprint density at radius 3 is 2.62 bits per heavy atom. The van der Waals surface area contributed by atoms with E-state index in [1.807, 2.05) is 13.0 Å². The first-order valence-electron chi connectivity index (χ1n) is 7.57. The highest BCUT2D eigenvalue weighted by atomic mass is 32.2. The normalized spacial score (nSPS) is 15.3. The predicted octanol–water partition coefficient (Wildman–Crippen LogP) is 1.48. The third kappa shape index (κ3) is 2.61. The highest BCUT2D eigenvalue weighted by Gasteiger charge is 2.34. The molecule has 128 valence electrons. The molecular weight excluding hydrogens is 330 g/mol. The Morgan fingerprint density at radius 1 is 1.29 bits per heavy atom. The maximum absolute atomic E-state index is 13.0. The van der Waals surface area contributed by atoms with Gasteiger partial charge in [0.2, 0.25) is 10.0 Å². The van der Waals surface area contributed by atoms with Gasteiger partial charge >= 0.3 is 5.97 Å². The van der Waals surface area contributed by atoms with E-state index in [2.05, 4.69) is 5.10 Å². The number of hydrogen-bond donors (Lipinski definition) is 1. The SMILES string of the molecule is Cc1ccc(S(=O)(=O)N2CCc3nn(C)c(C(=O)O)c3C2)c(C)c1. The van der Waals surface area contributed by atoms with Crippen LogP contribution in [-0.4, -0.2) is 40.1 Å². The topological polar surface area (TPSA) is 92.5 Å². The number of sulfonamides is 1. The zero-order valence-electron chi connectivity index (χ0n) is 13.8. The van der Waals surface area contributed by atoms with Crippen molar-refractivity contribution in [2.75, 3.05) is 6.54 Å². The number of hydrogen-bond acceptors (Lipinski definition) is 4. The lowest BCUT2D eigenvalue weighted by Gasteiger charge is -2.26. The van der Waals surface area contributed by atoms with Crippen LogP contribution in [0.2, 0.25) is 0 Å². The van der Waals surface area contributed by atoms with Gasteiger partial charge in [-0.2, -0.15) is 9.40 Å². The Labute approximate surface area is 140 Å². The summed E-state index contributed by atoms with van der Waals surface area (Å²) in [5.41, 5.74) is 2.86. The summed E-state index contributed by atoms with van der Waals surface area (Å²) in [7, 11) is -2.12. The average Bonchev–Trinajstić information content (AvgIpc) is 2.81. The summed E-state index contributed by atoms with van der Waals surface area (Å²) in [6.45, 7) is 3.99. The third-order valence-corrected chi connectivity index (χ3v) is 6.32. The average molecular weight is 349 g/mol. The second kappa shape index (κ2) is 5.71.